The molecule has 1 N–H and O–H groups in total. The summed E-state index contributed by atoms with van der Waals surface area (Å²) in [4.78, 5) is 0. The minimum Gasteiger partial charge on any atom is -0.307 e. The van der Waals surface area contributed by atoms with Gasteiger partial charge in [0, 0.05) is 34.4 Å². The van der Waals surface area contributed by atoms with Crippen molar-refractivity contribution in [2.75, 3.05) is 11.5 Å². The largest absolute Gasteiger partial charge is 0.307 e. The van der Waals surface area contributed by atoms with E-state index in [4.69, 9.17) is 0 Å². The molecule has 3 atom stereocenters. The molecule has 1 fully saturated rings. The van der Waals surface area contributed by atoms with Gasteiger partial charge < -0.3 is 5.32 Å². The SMILES string of the molecule is Cc1cc(C)c(C2CS(=O)CCC(C)N2)c(C)c1. The van der Waals surface area contributed by atoms with E-state index < -0.39 is 10.8 Å². The maximum absolute atomic E-state index is 12.0. The predicted molar refractivity (Wildman–Crippen MR) is 78.5 cm³/mol. The van der Waals surface area contributed by atoms with Crippen molar-refractivity contribution < 1.29 is 4.21 Å². The van der Waals surface area contributed by atoms with E-state index in [9.17, 15) is 4.21 Å². The monoisotopic (exact) mass is 265 g/mol. The van der Waals surface area contributed by atoms with Crippen LogP contribution in [0.5, 0.6) is 0 Å². The smallest absolute Gasteiger partial charge is 0.0444 e. The van der Waals surface area contributed by atoms with E-state index in [0.717, 1.165) is 17.9 Å². The quantitative estimate of drug-likeness (QED) is 0.846. The summed E-state index contributed by atoms with van der Waals surface area (Å²) in [6, 6.07) is 5.14. The molecule has 1 aromatic rings. The second-order valence-electron chi connectivity index (χ2n) is 5.53. The van der Waals surface area contributed by atoms with Crippen molar-refractivity contribution in [3.05, 3.63) is 34.4 Å². The third-order valence-corrected chi connectivity index (χ3v) is 5.10. The number of hydrogen-bond donors (Lipinski definition) is 1. The molecule has 0 bridgehead atoms. The van der Waals surface area contributed by atoms with E-state index >= 15 is 0 Å². The number of nitrogens with one attached hydrogen (secondary N) is 1. The zero-order valence-electron chi connectivity index (χ0n) is 11.7. The Kier molecular flexibility index (Phi) is 4.23. The van der Waals surface area contributed by atoms with Crippen LogP contribution in [0.25, 0.3) is 0 Å². The van der Waals surface area contributed by atoms with E-state index in [-0.39, 0.29) is 6.04 Å². The molecule has 0 radical (unpaired) electrons. The van der Waals surface area contributed by atoms with Crippen molar-refractivity contribution in [2.45, 2.75) is 46.2 Å². The molecule has 1 aliphatic heterocycles. The van der Waals surface area contributed by atoms with Crippen LogP contribution >= 0.6 is 0 Å². The van der Waals surface area contributed by atoms with Gasteiger partial charge in [-0.05, 0) is 50.8 Å². The first kappa shape index (κ1) is 13.8. The molecule has 0 saturated carbocycles. The Morgan fingerprint density at radius 1 is 1.22 bits per heavy atom. The van der Waals surface area contributed by atoms with Crippen molar-refractivity contribution in [2.24, 2.45) is 0 Å². The maximum atomic E-state index is 12.0. The fourth-order valence-electron chi connectivity index (χ4n) is 2.96. The lowest BCUT2D eigenvalue weighted by molar-refractivity contribution is 0.482. The number of rotatable bonds is 1. The third kappa shape index (κ3) is 3.01. The van der Waals surface area contributed by atoms with Gasteiger partial charge in [-0.15, -0.1) is 0 Å². The summed E-state index contributed by atoms with van der Waals surface area (Å²) < 4.78 is 12.0. The van der Waals surface area contributed by atoms with Crippen LogP contribution in [0.2, 0.25) is 0 Å². The van der Waals surface area contributed by atoms with Crippen LogP contribution in [-0.4, -0.2) is 21.8 Å². The second-order valence-corrected chi connectivity index (χ2v) is 7.15. The molecule has 2 nitrogen and oxygen atoms in total. The van der Waals surface area contributed by atoms with Gasteiger partial charge in [0.05, 0.1) is 0 Å². The van der Waals surface area contributed by atoms with Gasteiger partial charge in [0.25, 0.3) is 0 Å². The molecule has 100 valence electrons. The molecule has 0 aromatic heterocycles. The third-order valence-electron chi connectivity index (χ3n) is 3.70. The van der Waals surface area contributed by atoms with Gasteiger partial charge in [-0.2, -0.15) is 0 Å². The number of benzene rings is 1. The number of aryl methyl sites for hydroxylation is 3. The average Bonchev–Trinajstić information content (AvgIpc) is 2.39. The van der Waals surface area contributed by atoms with E-state index in [0.29, 0.717) is 6.04 Å². The van der Waals surface area contributed by atoms with E-state index in [2.05, 4.69) is 45.1 Å². The van der Waals surface area contributed by atoms with Crippen molar-refractivity contribution in [3.63, 3.8) is 0 Å². The fraction of sp³-hybridized carbons (Fsp3) is 0.600. The Labute approximate surface area is 113 Å². The first-order chi connectivity index (χ1) is 8.47. The molecule has 3 unspecified atom stereocenters. The summed E-state index contributed by atoms with van der Waals surface area (Å²) in [7, 11) is -0.693. The Morgan fingerprint density at radius 2 is 1.83 bits per heavy atom. The normalized spacial score (nSPS) is 29.0. The van der Waals surface area contributed by atoms with Crippen LogP contribution in [-0.2, 0) is 10.8 Å². The molecule has 0 aliphatic carbocycles. The highest BCUT2D eigenvalue weighted by atomic mass is 32.2. The van der Waals surface area contributed by atoms with E-state index in [1.54, 1.807) is 0 Å². The molecule has 3 heteroatoms. The summed E-state index contributed by atoms with van der Waals surface area (Å²) in [5.41, 5.74) is 5.28. The Morgan fingerprint density at radius 3 is 2.44 bits per heavy atom. The molecule has 1 aromatic carbocycles. The molecule has 2 rings (SSSR count). The van der Waals surface area contributed by atoms with Crippen molar-refractivity contribution >= 4 is 10.8 Å². The lowest BCUT2D eigenvalue weighted by Gasteiger charge is -2.23. The maximum Gasteiger partial charge on any atom is 0.0444 e. The van der Waals surface area contributed by atoms with Gasteiger partial charge in [0.15, 0.2) is 0 Å². The first-order valence-electron chi connectivity index (χ1n) is 6.66. The summed E-state index contributed by atoms with van der Waals surface area (Å²) in [6.07, 6.45) is 1.01. The highest BCUT2D eigenvalue weighted by molar-refractivity contribution is 7.85. The molecular weight excluding hydrogens is 242 g/mol. The summed E-state index contributed by atoms with van der Waals surface area (Å²) in [5, 5.41) is 3.63. The van der Waals surface area contributed by atoms with Crippen LogP contribution in [0.1, 0.15) is 41.6 Å². The van der Waals surface area contributed by atoms with Crippen LogP contribution in [0, 0.1) is 20.8 Å². The second kappa shape index (κ2) is 5.54. The zero-order valence-corrected chi connectivity index (χ0v) is 12.6. The van der Waals surface area contributed by atoms with Crippen LogP contribution in [0.3, 0.4) is 0 Å². The lowest BCUT2D eigenvalue weighted by atomic mass is 9.94. The van der Waals surface area contributed by atoms with Gasteiger partial charge in [0.1, 0.15) is 0 Å². The first-order valence-corrected chi connectivity index (χ1v) is 8.15. The lowest BCUT2D eigenvalue weighted by Crippen LogP contribution is -2.31. The summed E-state index contributed by atoms with van der Waals surface area (Å²) in [6.45, 7) is 8.64. The van der Waals surface area contributed by atoms with Gasteiger partial charge in [-0.25, -0.2) is 0 Å². The molecule has 1 saturated heterocycles. The van der Waals surface area contributed by atoms with Crippen LogP contribution in [0.4, 0.5) is 0 Å². The molecule has 0 spiro atoms. The average molecular weight is 265 g/mol. The fourth-order valence-corrected chi connectivity index (χ4v) is 4.38. The van der Waals surface area contributed by atoms with Crippen molar-refractivity contribution in [1.29, 1.82) is 0 Å². The molecule has 1 aliphatic rings. The highest BCUT2D eigenvalue weighted by Crippen LogP contribution is 2.26. The number of hydrogen-bond acceptors (Lipinski definition) is 2. The van der Waals surface area contributed by atoms with Gasteiger partial charge in [-0.1, -0.05) is 17.7 Å². The van der Waals surface area contributed by atoms with Gasteiger partial charge in [0.2, 0.25) is 0 Å². The summed E-state index contributed by atoms with van der Waals surface area (Å²) in [5.74, 6) is 1.57. The Balaban J connectivity index is 2.37. The van der Waals surface area contributed by atoms with Crippen LogP contribution in [0.15, 0.2) is 12.1 Å². The Bertz CT molecular complexity index is 447. The minimum absolute atomic E-state index is 0.240. The zero-order chi connectivity index (χ0) is 13.3. The van der Waals surface area contributed by atoms with Gasteiger partial charge in [-0.3, -0.25) is 4.21 Å². The van der Waals surface area contributed by atoms with Crippen LogP contribution < -0.4 is 5.32 Å². The Hall–Kier alpha value is -0.670. The molecule has 1 heterocycles. The van der Waals surface area contributed by atoms with Crippen molar-refractivity contribution in [1.82, 2.24) is 5.32 Å². The van der Waals surface area contributed by atoms with E-state index in [1.807, 2.05) is 0 Å². The molecule has 18 heavy (non-hydrogen) atoms. The van der Waals surface area contributed by atoms with Gasteiger partial charge >= 0.3 is 0 Å². The summed E-state index contributed by atoms with van der Waals surface area (Å²) >= 11 is 0. The van der Waals surface area contributed by atoms with E-state index in [1.165, 1.54) is 22.3 Å². The predicted octanol–water partition coefficient (Wildman–Crippen LogP) is 2.78. The topological polar surface area (TPSA) is 29.1 Å². The standard InChI is InChI=1S/C15H23NOS/c1-10-7-11(2)15(12(3)8-10)14-9-18(17)6-5-13(4)16-14/h7-8,13-14,16H,5-6,9H2,1-4H3. The highest BCUT2D eigenvalue weighted by Gasteiger charge is 2.24. The molecule has 0 amide bonds. The molecular formula is C15H23NOS. The van der Waals surface area contributed by atoms with Crippen molar-refractivity contribution in [3.8, 4) is 0 Å². The minimum atomic E-state index is -0.693.